The molecule has 1 heterocycles. The molecule has 0 saturated carbocycles. The minimum atomic E-state index is -4.37. The van der Waals surface area contributed by atoms with Gasteiger partial charge in [0.05, 0.1) is 22.4 Å². The van der Waals surface area contributed by atoms with Crippen molar-refractivity contribution < 1.29 is 27.4 Å². The zero-order chi connectivity index (χ0) is 29.7. The van der Waals surface area contributed by atoms with Crippen molar-refractivity contribution in [3.63, 3.8) is 0 Å². The molecule has 3 aromatic carbocycles. The van der Waals surface area contributed by atoms with Gasteiger partial charge in [-0.15, -0.1) is 0 Å². The van der Waals surface area contributed by atoms with E-state index in [9.17, 15) is 23.3 Å². The van der Waals surface area contributed by atoms with Gasteiger partial charge in [0.25, 0.3) is 0 Å². The average Bonchev–Trinajstić information content (AvgIpc) is 3.33. The molecule has 0 radical (unpaired) electrons. The van der Waals surface area contributed by atoms with Gasteiger partial charge in [0.15, 0.2) is 5.75 Å². The minimum Gasteiger partial charge on any atom is -0.426 e. The van der Waals surface area contributed by atoms with Crippen LogP contribution in [0, 0.1) is 5.92 Å². The molecule has 1 aromatic heterocycles. The van der Waals surface area contributed by atoms with Crippen LogP contribution in [-0.4, -0.2) is 47.2 Å². The van der Waals surface area contributed by atoms with Gasteiger partial charge in [-0.2, -0.15) is 13.5 Å². The van der Waals surface area contributed by atoms with Crippen molar-refractivity contribution in [2.75, 3.05) is 0 Å². The van der Waals surface area contributed by atoms with E-state index < -0.39 is 29.1 Å². The molecule has 0 aliphatic rings. The number of carbonyl (C=O) groups excluding carboxylic acids is 1. The van der Waals surface area contributed by atoms with E-state index in [4.69, 9.17) is 27.4 Å². The summed E-state index contributed by atoms with van der Waals surface area (Å²) < 4.78 is 33.3. The fraction of sp³-hybridized carbons (Fsp3) is 0.214. The molecule has 3 N–H and O–H groups in total. The topological polar surface area (TPSA) is 131 Å². The van der Waals surface area contributed by atoms with Gasteiger partial charge in [-0.05, 0) is 54.3 Å². The lowest BCUT2D eigenvalue weighted by atomic mass is 9.75. The molecule has 0 bridgehead atoms. The van der Waals surface area contributed by atoms with Gasteiger partial charge >= 0.3 is 17.2 Å². The first-order valence-corrected chi connectivity index (χ1v) is 14.9. The van der Waals surface area contributed by atoms with Crippen LogP contribution >= 0.6 is 23.2 Å². The molecule has 0 saturated heterocycles. The molecular formula is C28H28BCl2N3O6S. The van der Waals surface area contributed by atoms with Crippen molar-refractivity contribution in [1.82, 2.24) is 15.1 Å². The zero-order valence-electron chi connectivity index (χ0n) is 22.2. The second kappa shape index (κ2) is 13.1. The monoisotopic (exact) mass is 615 g/mol. The number of carbonyl (C=O) groups is 1. The third-order valence-electron chi connectivity index (χ3n) is 6.10. The van der Waals surface area contributed by atoms with Crippen LogP contribution in [-0.2, 0) is 21.5 Å². The predicted octanol–water partition coefficient (Wildman–Crippen LogP) is 4.83. The summed E-state index contributed by atoms with van der Waals surface area (Å²) in [4.78, 5) is 12.7. The number of amides is 1. The molecule has 9 nitrogen and oxygen atoms in total. The maximum Gasteiger partial charge on any atom is 0.475 e. The van der Waals surface area contributed by atoms with Crippen LogP contribution in [0.5, 0.6) is 5.75 Å². The highest BCUT2D eigenvalue weighted by Crippen LogP contribution is 2.35. The summed E-state index contributed by atoms with van der Waals surface area (Å²) in [6, 6.07) is 21.4. The largest absolute Gasteiger partial charge is 0.475 e. The summed E-state index contributed by atoms with van der Waals surface area (Å²) in [5.41, 5.74) is 2.04. The Kier molecular flexibility index (Phi) is 9.78. The fourth-order valence-electron chi connectivity index (χ4n) is 4.24. The number of benzene rings is 3. The standard InChI is InChI=1S/C28H28BCl2N3O6S/c1-18(2)14-27(29(36)37)32-28(35)17-34-24(19-8-4-3-5-9-19)16-23(33-34)21-10-6-7-11-25(21)40-41(38,39)26-15-20(30)12-13-22(26)31/h3-13,15-16,18,27,36-37H,14,17H2,1-2H3,(H,32,35). The molecule has 13 heteroatoms. The first kappa shape index (κ1) is 30.6. The van der Waals surface area contributed by atoms with Crippen LogP contribution in [0.2, 0.25) is 10.0 Å². The summed E-state index contributed by atoms with van der Waals surface area (Å²) in [5, 5.41) is 26.9. The van der Waals surface area contributed by atoms with E-state index in [1.54, 1.807) is 24.3 Å². The van der Waals surface area contributed by atoms with E-state index in [0.717, 1.165) is 5.56 Å². The normalized spacial score (nSPS) is 12.3. The van der Waals surface area contributed by atoms with Crippen molar-refractivity contribution in [2.45, 2.75) is 37.6 Å². The Morgan fingerprint density at radius 1 is 1.02 bits per heavy atom. The van der Waals surface area contributed by atoms with E-state index in [1.165, 1.54) is 28.9 Å². The lowest BCUT2D eigenvalue weighted by Crippen LogP contribution is -2.48. The molecule has 0 fully saturated rings. The summed E-state index contributed by atoms with van der Waals surface area (Å²) in [6.07, 6.45) is 0.370. The number of hydrogen-bond donors (Lipinski definition) is 3. The van der Waals surface area contributed by atoms with Gasteiger partial charge < -0.3 is 19.5 Å². The Labute approximate surface area is 249 Å². The summed E-state index contributed by atoms with van der Waals surface area (Å²) >= 11 is 12.1. The highest BCUT2D eigenvalue weighted by molar-refractivity contribution is 7.87. The molecule has 1 atom stereocenters. The quantitative estimate of drug-likeness (QED) is 0.163. The second-order valence-corrected chi connectivity index (χ2v) is 12.1. The van der Waals surface area contributed by atoms with Gasteiger partial charge in [0.1, 0.15) is 11.4 Å². The highest BCUT2D eigenvalue weighted by atomic mass is 35.5. The van der Waals surface area contributed by atoms with Gasteiger partial charge in [0.2, 0.25) is 5.91 Å². The number of halogens is 2. The highest BCUT2D eigenvalue weighted by Gasteiger charge is 2.27. The van der Waals surface area contributed by atoms with E-state index in [0.29, 0.717) is 23.4 Å². The SMILES string of the molecule is CC(C)CC(NC(=O)Cn1nc(-c2ccccc2OS(=O)(=O)c2cc(Cl)ccc2Cl)cc1-c1ccccc1)B(O)O. The first-order valence-electron chi connectivity index (χ1n) is 12.7. The Balaban J connectivity index is 1.71. The first-order chi connectivity index (χ1) is 19.4. The summed E-state index contributed by atoms with van der Waals surface area (Å²) in [5.74, 6) is -1.21. The molecule has 0 aliphatic carbocycles. The third-order valence-corrected chi connectivity index (χ3v) is 8.05. The van der Waals surface area contributed by atoms with Crippen LogP contribution in [0.15, 0.2) is 83.8 Å². The van der Waals surface area contributed by atoms with Gasteiger partial charge in [-0.1, -0.05) is 79.5 Å². The van der Waals surface area contributed by atoms with Crippen LogP contribution in [0.1, 0.15) is 20.3 Å². The maximum absolute atomic E-state index is 13.1. The van der Waals surface area contributed by atoms with Gasteiger partial charge in [-0.3, -0.25) is 9.48 Å². The zero-order valence-corrected chi connectivity index (χ0v) is 24.6. The Bertz CT molecular complexity index is 1630. The fourth-order valence-corrected chi connectivity index (χ4v) is 5.93. The number of hydrogen-bond acceptors (Lipinski definition) is 7. The molecular weight excluding hydrogens is 588 g/mol. The lowest BCUT2D eigenvalue weighted by molar-refractivity contribution is -0.122. The van der Waals surface area contributed by atoms with Gasteiger partial charge in [-0.25, -0.2) is 0 Å². The van der Waals surface area contributed by atoms with E-state index in [2.05, 4.69) is 10.4 Å². The second-order valence-electron chi connectivity index (χ2n) is 9.76. The molecule has 4 rings (SSSR count). The molecule has 1 unspecified atom stereocenters. The Morgan fingerprint density at radius 2 is 1.71 bits per heavy atom. The molecule has 4 aromatic rings. The lowest BCUT2D eigenvalue weighted by Gasteiger charge is -2.20. The van der Waals surface area contributed by atoms with Crippen molar-refractivity contribution >= 4 is 46.3 Å². The van der Waals surface area contributed by atoms with Crippen LogP contribution in [0.25, 0.3) is 22.5 Å². The Morgan fingerprint density at radius 3 is 2.39 bits per heavy atom. The summed E-state index contributed by atoms with van der Waals surface area (Å²) in [6.45, 7) is 3.59. The number of nitrogens with one attached hydrogen (secondary N) is 1. The van der Waals surface area contributed by atoms with Crippen molar-refractivity contribution in [3.8, 4) is 28.3 Å². The average molecular weight is 616 g/mol. The number of rotatable bonds is 11. The molecule has 0 spiro atoms. The van der Waals surface area contributed by atoms with Crippen molar-refractivity contribution in [3.05, 3.63) is 88.9 Å². The number of nitrogens with zero attached hydrogens (tertiary/aromatic N) is 2. The van der Waals surface area contributed by atoms with E-state index >= 15 is 0 Å². The minimum absolute atomic E-state index is 0.00217. The maximum atomic E-state index is 13.1. The molecule has 1 amide bonds. The smallest absolute Gasteiger partial charge is 0.426 e. The Hall–Kier alpha value is -3.35. The molecule has 214 valence electrons. The van der Waals surface area contributed by atoms with Gasteiger partial charge in [0, 0.05) is 10.6 Å². The molecule has 41 heavy (non-hydrogen) atoms. The number of para-hydroxylation sites is 1. The third kappa shape index (κ3) is 7.69. The number of aromatic nitrogens is 2. The van der Waals surface area contributed by atoms with Crippen LogP contribution in [0.4, 0.5) is 0 Å². The van der Waals surface area contributed by atoms with Crippen LogP contribution < -0.4 is 9.50 Å². The van der Waals surface area contributed by atoms with E-state index in [1.807, 2.05) is 44.2 Å². The van der Waals surface area contributed by atoms with Crippen LogP contribution in [0.3, 0.4) is 0 Å². The summed E-state index contributed by atoms with van der Waals surface area (Å²) in [7, 11) is -6.09. The van der Waals surface area contributed by atoms with Crippen molar-refractivity contribution in [2.24, 2.45) is 5.92 Å². The molecule has 0 aliphatic heterocycles. The van der Waals surface area contributed by atoms with Crippen molar-refractivity contribution in [1.29, 1.82) is 0 Å². The predicted molar refractivity (Wildman–Crippen MR) is 159 cm³/mol. The van der Waals surface area contributed by atoms with E-state index in [-0.39, 0.29) is 33.2 Å².